The van der Waals surface area contributed by atoms with Crippen LogP contribution >= 0.6 is 0 Å². The smallest absolute Gasteiger partial charge is 0.406 e. The minimum absolute atomic E-state index is 0.0643. The van der Waals surface area contributed by atoms with Crippen LogP contribution in [0.25, 0.3) is 0 Å². The molecule has 1 aromatic rings. The number of alkyl halides is 6. The quantitative estimate of drug-likeness (QED) is 0.354. The highest BCUT2D eigenvalue weighted by Gasteiger charge is 2.42. The van der Waals surface area contributed by atoms with Crippen molar-refractivity contribution in [3.8, 4) is 5.75 Å². The number of anilines is 1. The van der Waals surface area contributed by atoms with Gasteiger partial charge in [-0.25, -0.2) is 0 Å². The van der Waals surface area contributed by atoms with Gasteiger partial charge in [-0.3, -0.25) is 10.1 Å². The molecule has 12 heteroatoms. The van der Waals surface area contributed by atoms with E-state index in [9.17, 15) is 36.5 Å². The van der Waals surface area contributed by atoms with E-state index >= 15 is 0 Å². The fraction of sp³-hybridized carbons (Fsp3) is 0.286. The molecule has 1 aliphatic rings. The van der Waals surface area contributed by atoms with E-state index in [-0.39, 0.29) is 5.69 Å². The molecule has 0 saturated carbocycles. The van der Waals surface area contributed by atoms with E-state index in [0.29, 0.717) is 0 Å². The number of allylic oxidation sites excluding steroid dienone is 1. The largest absolute Gasteiger partial charge is 0.573 e. The highest BCUT2D eigenvalue weighted by atomic mass is 19.4. The first-order valence-electron chi connectivity index (χ1n) is 6.82. The van der Waals surface area contributed by atoms with Crippen molar-refractivity contribution in [1.82, 2.24) is 0 Å². The van der Waals surface area contributed by atoms with Gasteiger partial charge >= 0.3 is 18.4 Å². The zero-order valence-electron chi connectivity index (χ0n) is 12.6. The lowest BCUT2D eigenvalue weighted by Crippen LogP contribution is -2.45. The summed E-state index contributed by atoms with van der Waals surface area (Å²) in [6.07, 6.45) is -7.77. The van der Waals surface area contributed by atoms with Crippen LogP contribution in [0.15, 0.2) is 48.3 Å². The number of rotatable bonds is 5. The van der Waals surface area contributed by atoms with Crippen LogP contribution in [0.4, 0.5) is 32.0 Å². The van der Waals surface area contributed by atoms with E-state index in [0.717, 1.165) is 42.5 Å². The Labute approximate surface area is 141 Å². The standard InChI is InChI=1S/C14H10F6N2O4/c15-13(16,17)25-10-3-1-9(2-4-10)21-12(22(23)24)7-5-11(6-8-12)26-14(18,19)20/h1-7,21H,8H2. The number of hydrogen-bond donors (Lipinski definition) is 1. The molecule has 0 amide bonds. The molecular weight excluding hydrogens is 374 g/mol. The summed E-state index contributed by atoms with van der Waals surface area (Å²) in [6, 6.07) is 4.07. The molecule has 0 heterocycles. The number of hydrogen-bond acceptors (Lipinski definition) is 5. The van der Waals surface area contributed by atoms with Crippen LogP contribution in [-0.2, 0) is 4.74 Å². The van der Waals surface area contributed by atoms with Gasteiger partial charge in [0.25, 0.3) is 0 Å². The first-order valence-corrected chi connectivity index (χ1v) is 6.82. The van der Waals surface area contributed by atoms with Gasteiger partial charge in [0.1, 0.15) is 11.5 Å². The summed E-state index contributed by atoms with van der Waals surface area (Å²) < 4.78 is 80.1. The van der Waals surface area contributed by atoms with Crippen molar-refractivity contribution >= 4 is 5.69 Å². The van der Waals surface area contributed by atoms with Crippen molar-refractivity contribution in [2.75, 3.05) is 5.32 Å². The Balaban J connectivity index is 2.13. The molecule has 1 atom stereocenters. The lowest BCUT2D eigenvalue weighted by molar-refractivity contribution is -0.546. The summed E-state index contributed by atoms with van der Waals surface area (Å²) in [6.45, 7) is 0. The number of nitrogens with zero attached hydrogens (tertiary/aromatic N) is 1. The van der Waals surface area contributed by atoms with Gasteiger partial charge < -0.3 is 14.8 Å². The van der Waals surface area contributed by atoms with Crippen LogP contribution in [0.2, 0.25) is 0 Å². The second-order valence-electron chi connectivity index (χ2n) is 5.07. The van der Waals surface area contributed by atoms with Gasteiger partial charge in [0.15, 0.2) is 0 Å². The molecule has 0 aromatic heterocycles. The normalized spacial score (nSPS) is 20.3. The number of nitrogens with one attached hydrogen (secondary N) is 1. The molecule has 142 valence electrons. The molecule has 0 bridgehead atoms. The van der Waals surface area contributed by atoms with Gasteiger partial charge in [-0.05, 0) is 36.4 Å². The summed E-state index contributed by atoms with van der Waals surface area (Å²) in [4.78, 5) is 10.6. The molecule has 0 saturated heterocycles. The Morgan fingerprint density at radius 1 is 1.04 bits per heavy atom. The average Bonchev–Trinajstić information content (AvgIpc) is 2.48. The van der Waals surface area contributed by atoms with Crippen molar-refractivity contribution in [2.45, 2.75) is 24.8 Å². The van der Waals surface area contributed by atoms with E-state index in [1.54, 1.807) is 0 Å². The molecule has 2 rings (SSSR count). The maximum Gasteiger partial charge on any atom is 0.573 e. The fourth-order valence-electron chi connectivity index (χ4n) is 2.09. The number of nitro groups is 1. The number of ether oxygens (including phenoxy) is 2. The molecule has 6 nitrogen and oxygen atoms in total. The Hall–Kier alpha value is -2.92. The van der Waals surface area contributed by atoms with Gasteiger partial charge in [0.2, 0.25) is 0 Å². The first-order chi connectivity index (χ1) is 11.9. The van der Waals surface area contributed by atoms with E-state index < -0.39 is 41.2 Å². The molecule has 1 unspecified atom stereocenters. The van der Waals surface area contributed by atoms with Gasteiger partial charge in [-0.1, -0.05) is 0 Å². The monoisotopic (exact) mass is 384 g/mol. The fourth-order valence-corrected chi connectivity index (χ4v) is 2.09. The molecule has 0 fully saturated rings. The minimum Gasteiger partial charge on any atom is -0.406 e. The van der Waals surface area contributed by atoms with Gasteiger partial charge in [-0.15, -0.1) is 26.3 Å². The van der Waals surface area contributed by atoms with Gasteiger partial charge in [0, 0.05) is 11.8 Å². The summed E-state index contributed by atoms with van der Waals surface area (Å²) in [7, 11) is 0. The van der Waals surface area contributed by atoms with Crippen molar-refractivity contribution < 1.29 is 40.7 Å². The molecule has 1 aliphatic carbocycles. The van der Waals surface area contributed by atoms with Crippen LogP contribution in [0, 0.1) is 10.1 Å². The third kappa shape index (κ3) is 5.29. The van der Waals surface area contributed by atoms with Crippen molar-refractivity contribution in [1.29, 1.82) is 0 Å². The third-order valence-electron chi connectivity index (χ3n) is 3.15. The van der Waals surface area contributed by atoms with Crippen LogP contribution in [-0.4, -0.2) is 23.3 Å². The maximum absolute atomic E-state index is 12.2. The molecule has 0 aliphatic heterocycles. The number of benzene rings is 1. The van der Waals surface area contributed by atoms with Gasteiger partial charge in [-0.2, -0.15) is 0 Å². The van der Waals surface area contributed by atoms with E-state index in [2.05, 4.69) is 14.8 Å². The zero-order chi connectivity index (χ0) is 19.6. The van der Waals surface area contributed by atoms with Crippen molar-refractivity contribution in [3.63, 3.8) is 0 Å². The van der Waals surface area contributed by atoms with E-state index in [4.69, 9.17) is 0 Å². The van der Waals surface area contributed by atoms with Crippen molar-refractivity contribution in [3.05, 3.63) is 58.4 Å². The summed E-state index contributed by atoms with van der Waals surface area (Å²) >= 11 is 0. The summed E-state index contributed by atoms with van der Waals surface area (Å²) in [5.41, 5.74) is -1.92. The second kappa shape index (κ2) is 6.77. The minimum atomic E-state index is -4.94. The first kappa shape index (κ1) is 19.4. The SMILES string of the molecule is O=[N+]([O-])C1(Nc2ccc(OC(F)(F)F)cc2)C=CC(OC(F)(F)F)=CC1. The Morgan fingerprint density at radius 2 is 1.62 bits per heavy atom. The average molecular weight is 384 g/mol. The Morgan fingerprint density at radius 3 is 2.04 bits per heavy atom. The highest BCUT2D eigenvalue weighted by molar-refractivity contribution is 5.49. The molecule has 0 spiro atoms. The molecule has 1 aromatic carbocycles. The van der Waals surface area contributed by atoms with Crippen LogP contribution in [0.1, 0.15) is 6.42 Å². The third-order valence-corrected chi connectivity index (χ3v) is 3.15. The predicted molar refractivity (Wildman–Crippen MR) is 75.5 cm³/mol. The molecule has 0 radical (unpaired) electrons. The van der Waals surface area contributed by atoms with Crippen LogP contribution < -0.4 is 10.1 Å². The predicted octanol–water partition coefficient (Wildman–Crippen LogP) is 4.35. The van der Waals surface area contributed by atoms with E-state index in [1.165, 1.54) is 0 Å². The Kier molecular flexibility index (Phi) is 5.05. The Bertz CT molecular complexity index is 726. The summed E-state index contributed by atoms with van der Waals surface area (Å²) in [5, 5.41) is 13.8. The molecule has 26 heavy (non-hydrogen) atoms. The highest BCUT2D eigenvalue weighted by Crippen LogP contribution is 2.31. The van der Waals surface area contributed by atoms with E-state index in [1.807, 2.05) is 0 Å². The number of halogens is 6. The van der Waals surface area contributed by atoms with Crippen LogP contribution in [0.5, 0.6) is 5.75 Å². The second-order valence-corrected chi connectivity index (χ2v) is 5.07. The van der Waals surface area contributed by atoms with Gasteiger partial charge in [0.05, 0.1) is 11.3 Å². The summed E-state index contributed by atoms with van der Waals surface area (Å²) in [5.74, 6) is -1.14. The van der Waals surface area contributed by atoms with Crippen molar-refractivity contribution in [2.24, 2.45) is 0 Å². The maximum atomic E-state index is 12.2. The lowest BCUT2D eigenvalue weighted by atomic mass is 10.00. The molecular formula is C14H10F6N2O4. The molecule has 1 N–H and O–H groups in total. The lowest BCUT2D eigenvalue weighted by Gasteiger charge is -2.26. The zero-order valence-corrected chi connectivity index (χ0v) is 12.6. The topological polar surface area (TPSA) is 73.6 Å². The van der Waals surface area contributed by atoms with Crippen LogP contribution in [0.3, 0.4) is 0 Å².